The van der Waals surface area contributed by atoms with Gasteiger partial charge in [-0.1, -0.05) is 48.0 Å². The Morgan fingerprint density at radius 1 is 0.943 bits per heavy atom. The third-order valence-corrected chi connectivity index (χ3v) is 5.21. The lowest BCUT2D eigenvalue weighted by Crippen LogP contribution is -2.48. The van der Waals surface area contributed by atoms with Crippen molar-refractivity contribution < 1.29 is 44.6 Å². The molecule has 35 heavy (non-hydrogen) atoms. The Labute approximate surface area is 207 Å². The Bertz CT molecular complexity index is 999. The summed E-state index contributed by atoms with van der Waals surface area (Å²) in [5.41, 5.74) is 1.70. The van der Waals surface area contributed by atoms with E-state index in [0.717, 1.165) is 5.56 Å². The van der Waals surface area contributed by atoms with Crippen molar-refractivity contribution in [2.75, 3.05) is 6.61 Å². The highest BCUT2D eigenvalue weighted by Gasteiger charge is 2.38. The number of esters is 1. The maximum absolute atomic E-state index is 12.1. The molecule has 2 aromatic rings. The average molecular weight is 507 g/mol. The van der Waals surface area contributed by atoms with Crippen molar-refractivity contribution in [3.63, 3.8) is 0 Å². The van der Waals surface area contributed by atoms with Gasteiger partial charge in [-0.2, -0.15) is 0 Å². The summed E-state index contributed by atoms with van der Waals surface area (Å²) in [6.07, 6.45) is 1.80. The van der Waals surface area contributed by atoms with Crippen LogP contribution < -0.4 is 0 Å². The van der Waals surface area contributed by atoms with Crippen molar-refractivity contribution >= 4 is 35.9 Å². The summed E-state index contributed by atoms with van der Waals surface area (Å²) in [5, 5.41) is 44.2. The highest BCUT2D eigenvalue weighted by Crippen LogP contribution is 2.25. The van der Waals surface area contributed by atoms with Crippen molar-refractivity contribution in [3.05, 3.63) is 76.8 Å². The number of ether oxygens (including phenoxy) is 2. The van der Waals surface area contributed by atoms with Crippen LogP contribution in [0.15, 0.2) is 60.7 Å². The highest BCUT2D eigenvalue weighted by molar-refractivity contribution is 6.30. The maximum Gasteiger partial charge on any atom is 0.503 e. The largest absolute Gasteiger partial charge is 0.508 e. The summed E-state index contributed by atoms with van der Waals surface area (Å²) in [7, 11) is 0. The van der Waals surface area contributed by atoms with E-state index >= 15 is 0 Å². The molecule has 10 heteroatoms. The number of phenolic OH excluding ortho intramolecular Hbond substituents is 1. The predicted molar refractivity (Wildman–Crippen MR) is 129 cm³/mol. The molecule has 4 atom stereocenters. The van der Waals surface area contributed by atoms with Gasteiger partial charge in [0.1, 0.15) is 18.0 Å². The third kappa shape index (κ3) is 10.6. The van der Waals surface area contributed by atoms with Crippen LogP contribution in [0.25, 0.3) is 12.2 Å². The van der Waals surface area contributed by atoms with Gasteiger partial charge in [-0.3, -0.25) is 0 Å². The second-order valence-corrected chi connectivity index (χ2v) is 8.06. The number of phenols is 1. The Kier molecular flexibility index (Phi) is 11.2. The fourth-order valence-corrected chi connectivity index (χ4v) is 3.42. The lowest BCUT2D eigenvalue weighted by molar-refractivity contribution is -0.169. The molecule has 0 aromatic heterocycles. The number of aliphatic hydroxyl groups is 2. The molecule has 0 saturated heterocycles. The first-order valence-corrected chi connectivity index (χ1v) is 11.0. The SMILES string of the molecule is O=C(/C=C/c1ccc(O)cc1)O[C@@H]1C[C@@H](OC/C=C\c2ccc(Cl)cc2)C[C@H](O)[C@H]1O.O=C(O)O. The smallest absolute Gasteiger partial charge is 0.503 e. The number of halogens is 1. The molecule has 0 heterocycles. The van der Waals surface area contributed by atoms with E-state index in [-0.39, 0.29) is 24.7 Å². The van der Waals surface area contributed by atoms with E-state index in [1.54, 1.807) is 30.3 Å². The Morgan fingerprint density at radius 3 is 2.14 bits per heavy atom. The zero-order chi connectivity index (χ0) is 25.8. The molecular formula is C25H27ClO9. The molecule has 0 aliphatic heterocycles. The Morgan fingerprint density at radius 2 is 1.51 bits per heavy atom. The number of benzene rings is 2. The second kappa shape index (κ2) is 14.1. The van der Waals surface area contributed by atoms with Crippen LogP contribution in [0.3, 0.4) is 0 Å². The molecule has 2 aromatic carbocycles. The van der Waals surface area contributed by atoms with Gasteiger partial charge in [-0.25, -0.2) is 9.59 Å². The molecule has 0 radical (unpaired) electrons. The summed E-state index contributed by atoms with van der Waals surface area (Å²) in [6.45, 7) is 0.317. The minimum Gasteiger partial charge on any atom is -0.508 e. The maximum atomic E-state index is 12.1. The van der Waals surface area contributed by atoms with Crippen LogP contribution in [0.2, 0.25) is 5.02 Å². The van der Waals surface area contributed by atoms with Gasteiger partial charge < -0.3 is 35.0 Å². The Hall–Kier alpha value is -3.37. The van der Waals surface area contributed by atoms with E-state index in [0.29, 0.717) is 17.2 Å². The van der Waals surface area contributed by atoms with E-state index in [9.17, 15) is 20.1 Å². The topological polar surface area (TPSA) is 154 Å². The number of carboxylic acid groups (broad SMARTS) is 2. The molecule has 9 nitrogen and oxygen atoms in total. The highest BCUT2D eigenvalue weighted by atomic mass is 35.5. The monoisotopic (exact) mass is 506 g/mol. The van der Waals surface area contributed by atoms with Crippen LogP contribution in [-0.4, -0.2) is 68.7 Å². The van der Waals surface area contributed by atoms with Crippen LogP contribution in [-0.2, 0) is 14.3 Å². The fraction of sp³-hybridized carbons (Fsp3) is 0.280. The van der Waals surface area contributed by atoms with Crippen molar-refractivity contribution in [1.82, 2.24) is 0 Å². The quantitative estimate of drug-likeness (QED) is 0.278. The van der Waals surface area contributed by atoms with Crippen molar-refractivity contribution in [2.45, 2.75) is 37.3 Å². The number of hydrogen-bond acceptors (Lipinski definition) is 7. The van der Waals surface area contributed by atoms with Crippen molar-refractivity contribution in [2.24, 2.45) is 0 Å². The van der Waals surface area contributed by atoms with Gasteiger partial charge in [0.2, 0.25) is 0 Å². The van der Waals surface area contributed by atoms with Gasteiger partial charge in [-0.05, 0) is 41.5 Å². The first kappa shape index (κ1) is 27.9. The number of carbonyl (C=O) groups is 2. The van der Waals surface area contributed by atoms with Gasteiger partial charge >= 0.3 is 12.1 Å². The summed E-state index contributed by atoms with van der Waals surface area (Å²) < 4.78 is 11.1. The number of hydrogen-bond donors (Lipinski definition) is 5. The van der Waals surface area contributed by atoms with Crippen LogP contribution in [0.1, 0.15) is 24.0 Å². The number of rotatable bonds is 7. The lowest BCUT2D eigenvalue weighted by atomic mass is 9.89. The van der Waals surface area contributed by atoms with Crippen LogP contribution in [0, 0.1) is 0 Å². The van der Waals surface area contributed by atoms with E-state index in [2.05, 4.69) is 0 Å². The minimum atomic E-state index is -1.83. The van der Waals surface area contributed by atoms with Gasteiger partial charge in [-0.15, -0.1) is 0 Å². The van der Waals surface area contributed by atoms with E-state index in [4.69, 9.17) is 36.1 Å². The van der Waals surface area contributed by atoms with Crippen LogP contribution >= 0.6 is 11.6 Å². The summed E-state index contributed by atoms with van der Waals surface area (Å²) in [6, 6.07) is 13.7. The molecule has 1 saturated carbocycles. The average Bonchev–Trinajstić information content (AvgIpc) is 2.80. The second-order valence-electron chi connectivity index (χ2n) is 7.62. The number of carbonyl (C=O) groups excluding carboxylic acids is 1. The lowest BCUT2D eigenvalue weighted by Gasteiger charge is -2.35. The van der Waals surface area contributed by atoms with Gasteiger partial charge in [0.25, 0.3) is 0 Å². The molecule has 1 aliphatic rings. The molecule has 5 N–H and O–H groups in total. The van der Waals surface area contributed by atoms with E-state index < -0.39 is 30.4 Å². The van der Waals surface area contributed by atoms with Gasteiger partial charge in [0.05, 0.1) is 18.8 Å². The van der Waals surface area contributed by atoms with Crippen LogP contribution in [0.5, 0.6) is 5.75 Å². The molecule has 188 valence electrons. The van der Waals surface area contributed by atoms with E-state index in [1.807, 2.05) is 24.3 Å². The third-order valence-electron chi connectivity index (χ3n) is 4.96. The molecule has 3 rings (SSSR count). The molecule has 0 amide bonds. The molecular weight excluding hydrogens is 480 g/mol. The summed E-state index contributed by atoms with van der Waals surface area (Å²) in [4.78, 5) is 20.7. The Balaban J connectivity index is 0.00000100. The first-order chi connectivity index (χ1) is 16.6. The minimum absolute atomic E-state index is 0.132. The molecule has 1 fully saturated rings. The first-order valence-electron chi connectivity index (χ1n) is 10.6. The molecule has 0 bridgehead atoms. The summed E-state index contributed by atoms with van der Waals surface area (Å²) in [5.74, 6) is -0.499. The van der Waals surface area contributed by atoms with Gasteiger partial charge in [0, 0.05) is 23.9 Å². The predicted octanol–water partition coefficient (Wildman–Crippen LogP) is 3.81. The number of aliphatic hydroxyl groups excluding tert-OH is 2. The fourth-order valence-electron chi connectivity index (χ4n) is 3.29. The molecule has 0 spiro atoms. The molecule has 0 unspecified atom stereocenters. The van der Waals surface area contributed by atoms with Crippen molar-refractivity contribution in [3.8, 4) is 5.75 Å². The van der Waals surface area contributed by atoms with Gasteiger partial charge in [0.15, 0.2) is 0 Å². The summed E-state index contributed by atoms with van der Waals surface area (Å²) >= 11 is 5.86. The molecule has 1 aliphatic carbocycles. The zero-order valence-electron chi connectivity index (χ0n) is 18.6. The normalized spacial score (nSPS) is 21.9. The van der Waals surface area contributed by atoms with E-state index in [1.165, 1.54) is 18.2 Å². The number of aromatic hydroxyl groups is 1. The standard InChI is InChI=1S/C24H25ClO6.CH2O3/c25-18-8-3-16(4-9-18)2-1-13-30-20-14-21(27)24(29)22(15-20)31-23(28)12-7-17-5-10-19(26)11-6-17;2-1(3)4/h1-12,20-22,24,26-27,29H,13-15H2;(H2,2,3,4)/b2-1-,12-7+;/t20-,21-,22+,24+;/m0./s1. The van der Waals surface area contributed by atoms with Crippen LogP contribution in [0.4, 0.5) is 4.79 Å². The van der Waals surface area contributed by atoms with Crippen molar-refractivity contribution in [1.29, 1.82) is 0 Å². The zero-order valence-corrected chi connectivity index (χ0v) is 19.4.